The van der Waals surface area contributed by atoms with Crippen molar-refractivity contribution >= 4 is 5.91 Å². The Balaban J connectivity index is 2.12. The third kappa shape index (κ3) is 4.49. The Labute approximate surface area is 142 Å². The van der Waals surface area contributed by atoms with E-state index in [-0.39, 0.29) is 18.7 Å². The fourth-order valence-electron chi connectivity index (χ4n) is 2.23. The molecule has 0 saturated carbocycles. The molecule has 7 heteroatoms. The van der Waals surface area contributed by atoms with Crippen LogP contribution in [0.15, 0.2) is 36.4 Å². The lowest BCUT2D eigenvalue weighted by Crippen LogP contribution is -2.39. The zero-order valence-electron chi connectivity index (χ0n) is 13.7. The minimum absolute atomic E-state index is 0.0785. The molecule has 0 fully saturated rings. The predicted molar refractivity (Wildman–Crippen MR) is 83.9 cm³/mol. The zero-order valence-corrected chi connectivity index (χ0v) is 13.7. The number of carbonyl (C=O) groups excluding carboxylic acids is 1. The number of hydrogen-bond acceptors (Lipinski definition) is 2. The molecule has 0 spiro atoms. The van der Waals surface area contributed by atoms with Gasteiger partial charge >= 0.3 is 0 Å². The van der Waals surface area contributed by atoms with E-state index < -0.39 is 41.5 Å². The number of rotatable bonds is 6. The minimum Gasteiger partial charge on any atom is -0.477 e. The molecule has 2 rings (SSSR count). The molecular weight excluding hydrogens is 338 g/mol. The highest BCUT2D eigenvalue weighted by atomic mass is 19.2. The van der Waals surface area contributed by atoms with E-state index in [4.69, 9.17) is 4.74 Å². The van der Waals surface area contributed by atoms with Crippen LogP contribution in [0.25, 0.3) is 0 Å². The van der Waals surface area contributed by atoms with Gasteiger partial charge in [-0.2, -0.15) is 8.78 Å². The van der Waals surface area contributed by atoms with E-state index in [2.05, 4.69) is 0 Å². The lowest BCUT2D eigenvalue weighted by atomic mass is 10.2. The van der Waals surface area contributed by atoms with Crippen molar-refractivity contribution in [1.82, 2.24) is 4.90 Å². The lowest BCUT2D eigenvalue weighted by Gasteiger charge is -2.27. The van der Waals surface area contributed by atoms with Gasteiger partial charge in [-0.05, 0) is 19.4 Å². The number of ether oxygens (including phenoxy) is 1. The summed E-state index contributed by atoms with van der Waals surface area (Å²) in [4.78, 5) is 13.8. The van der Waals surface area contributed by atoms with Crippen molar-refractivity contribution < 1.29 is 27.1 Å². The second kappa shape index (κ2) is 8.00. The van der Waals surface area contributed by atoms with Gasteiger partial charge in [-0.1, -0.05) is 30.3 Å². The predicted octanol–water partition coefficient (Wildman–Crippen LogP) is 4.06. The van der Waals surface area contributed by atoms with Crippen molar-refractivity contribution in [3.63, 3.8) is 0 Å². The highest BCUT2D eigenvalue weighted by Gasteiger charge is 2.23. The topological polar surface area (TPSA) is 29.5 Å². The molecule has 0 aromatic heterocycles. The van der Waals surface area contributed by atoms with Crippen molar-refractivity contribution in [3.8, 4) is 5.75 Å². The summed E-state index contributed by atoms with van der Waals surface area (Å²) in [6, 6.07) is 8.97. The summed E-state index contributed by atoms with van der Waals surface area (Å²) in [6.45, 7) is 3.05. The van der Waals surface area contributed by atoms with Crippen LogP contribution in [0, 0.1) is 23.3 Å². The fraction of sp³-hybridized carbons (Fsp3) is 0.278. The molecule has 0 radical (unpaired) electrons. The largest absolute Gasteiger partial charge is 0.477 e. The van der Waals surface area contributed by atoms with Crippen LogP contribution < -0.4 is 4.74 Å². The van der Waals surface area contributed by atoms with Crippen molar-refractivity contribution in [1.29, 1.82) is 0 Å². The number of benzene rings is 2. The van der Waals surface area contributed by atoms with Gasteiger partial charge in [0.1, 0.15) is 0 Å². The van der Waals surface area contributed by atoms with Gasteiger partial charge in [0.25, 0.3) is 5.91 Å². The van der Waals surface area contributed by atoms with Gasteiger partial charge in [0.2, 0.25) is 11.6 Å². The maximum atomic E-state index is 13.6. The normalized spacial score (nSPS) is 10.8. The Morgan fingerprint density at radius 1 is 1.04 bits per heavy atom. The van der Waals surface area contributed by atoms with Crippen LogP contribution in [0.2, 0.25) is 0 Å². The third-order valence-electron chi connectivity index (χ3n) is 3.55. The fourth-order valence-corrected chi connectivity index (χ4v) is 2.23. The van der Waals surface area contributed by atoms with Crippen LogP contribution in [0.5, 0.6) is 5.75 Å². The Hall–Kier alpha value is -2.57. The molecular formula is C18H17F4NO2. The quantitative estimate of drug-likeness (QED) is 0.578. The Bertz CT molecular complexity index is 724. The number of amides is 1. The van der Waals surface area contributed by atoms with Gasteiger partial charge in [0.05, 0.1) is 0 Å². The molecule has 0 bridgehead atoms. The van der Waals surface area contributed by atoms with Crippen molar-refractivity contribution in [2.24, 2.45) is 0 Å². The van der Waals surface area contributed by atoms with E-state index in [9.17, 15) is 22.4 Å². The molecule has 0 heterocycles. The number of carbonyl (C=O) groups is 1. The van der Waals surface area contributed by atoms with Crippen LogP contribution >= 0.6 is 0 Å². The lowest BCUT2D eigenvalue weighted by molar-refractivity contribution is -0.135. The van der Waals surface area contributed by atoms with E-state index >= 15 is 0 Å². The smallest absolute Gasteiger partial charge is 0.261 e. The van der Waals surface area contributed by atoms with Crippen molar-refractivity contribution in [2.75, 3.05) is 6.61 Å². The van der Waals surface area contributed by atoms with Gasteiger partial charge < -0.3 is 9.64 Å². The summed E-state index contributed by atoms with van der Waals surface area (Å²) in [5.74, 6) is -8.34. The summed E-state index contributed by atoms with van der Waals surface area (Å²) in [5, 5.41) is 0. The first-order valence-electron chi connectivity index (χ1n) is 7.60. The molecule has 0 atom stereocenters. The summed E-state index contributed by atoms with van der Waals surface area (Å²) < 4.78 is 58.2. The third-order valence-corrected chi connectivity index (χ3v) is 3.55. The first-order valence-corrected chi connectivity index (χ1v) is 7.60. The first kappa shape index (κ1) is 18.8. The molecule has 0 aliphatic heterocycles. The molecule has 0 aliphatic rings. The standard InChI is InChI=1S/C18H17F4NO2/c1-11(2)23(9-12-6-4-3-5-7-12)15(24)10-25-18-16(21)13(19)8-14(20)17(18)22/h3-8,11H,9-10H2,1-2H3. The molecule has 0 unspecified atom stereocenters. The monoisotopic (exact) mass is 355 g/mol. The molecule has 134 valence electrons. The van der Waals surface area contributed by atoms with Gasteiger partial charge in [-0.3, -0.25) is 4.79 Å². The van der Waals surface area contributed by atoms with E-state index in [0.717, 1.165) is 5.56 Å². The molecule has 25 heavy (non-hydrogen) atoms. The van der Waals surface area contributed by atoms with E-state index in [1.54, 1.807) is 13.8 Å². The van der Waals surface area contributed by atoms with Crippen LogP contribution in [-0.4, -0.2) is 23.5 Å². The van der Waals surface area contributed by atoms with E-state index in [1.807, 2.05) is 30.3 Å². The average molecular weight is 355 g/mol. The number of nitrogens with zero attached hydrogens (tertiary/aromatic N) is 1. The van der Waals surface area contributed by atoms with Gasteiger partial charge in [-0.15, -0.1) is 0 Å². The summed E-state index contributed by atoms with van der Waals surface area (Å²) in [5.41, 5.74) is 0.860. The van der Waals surface area contributed by atoms with Crippen molar-refractivity contribution in [2.45, 2.75) is 26.4 Å². The number of halogens is 4. The molecule has 3 nitrogen and oxygen atoms in total. The van der Waals surface area contributed by atoms with Gasteiger partial charge in [0, 0.05) is 18.7 Å². The molecule has 2 aromatic rings. The Morgan fingerprint density at radius 3 is 2.12 bits per heavy atom. The zero-order chi connectivity index (χ0) is 18.6. The maximum absolute atomic E-state index is 13.6. The molecule has 1 amide bonds. The molecule has 0 aliphatic carbocycles. The summed E-state index contributed by atoms with van der Waals surface area (Å²) >= 11 is 0. The maximum Gasteiger partial charge on any atom is 0.261 e. The van der Waals surface area contributed by atoms with Crippen LogP contribution in [0.4, 0.5) is 17.6 Å². The van der Waals surface area contributed by atoms with E-state index in [1.165, 1.54) is 4.90 Å². The van der Waals surface area contributed by atoms with Gasteiger partial charge in [-0.25, -0.2) is 8.78 Å². The first-order chi connectivity index (χ1) is 11.8. The second-order valence-electron chi connectivity index (χ2n) is 5.69. The number of hydrogen-bond donors (Lipinski definition) is 0. The minimum atomic E-state index is -1.68. The van der Waals surface area contributed by atoms with Crippen LogP contribution in [0.3, 0.4) is 0 Å². The second-order valence-corrected chi connectivity index (χ2v) is 5.69. The van der Waals surface area contributed by atoms with E-state index in [0.29, 0.717) is 0 Å². The SMILES string of the molecule is CC(C)N(Cc1ccccc1)C(=O)COc1c(F)c(F)cc(F)c1F. The Morgan fingerprint density at radius 2 is 1.60 bits per heavy atom. The van der Waals surface area contributed by atoms with Gasteiger partial charge in [0.15, 0.2) is 24.0 Å². The molecule has 2 aromatic carbocycles. The van der Waals surface area contributed by atoms with Crippen molar-refractivity contribution in [3.05, 3.63) is 65.2 Å². The Kier molecular flexibility index (Phi) is 6.01. The molecule has 0 N–H and O–H groups in total. The average Bonchev–Trinajstić information content (AvgIpc) is 2.58. The summed E-state index contributed by atoms with van der Waals surface area (Å²) in [6.07, 6.45) is 0. The summed E-state index contributed by atoms with van der Waals surface area (Å²) in [7, 11) is 0. The van der Waals surface area contributed by atoms with Crippen LogP contribution in [-0.2, 0) is 11.3 Å². The highest BCUT2D eigenvalue weighted by molar-refractivity contribution is 5.78. The molecule has 0 saturated heterocycles. The highest BCUT2D eigenvalue weighted by Crippen LogP contribution is 2.26. The van der Waals surface area contributed by atoms with Crippen LogP contribution in [0.1, 0.15) is 19.4 Å².